The zero-order valence-corrected chi connectivity index (χ0v) is 14.7. The molecule has 28 heavy (non-hydrogen) atoms. The number of hydrogen-bond acceptors (Lipinski definition) is 4. The second-order valence-corrected chi connectivity index (χ2v) is 6.42. The van der Waals surface area contributed by atoms with Gasteiger partial charge in [0, 0.05) is 0 Å². The lowest BCUT2D eigenvalue weighted by molar-refractivity contribution is -0.137. The van der Waals surface area contributed by atoms with Crippen LogP contribution in [0.1, 0.15) is 22.3 Å². The number of halogens is 4. The van der Waals surface area contributed by atoms with E-state index < -0.39 is 35.6 Å². The molecular weight excluding hydrogens is 401 g/mol. The van der Waals surface area contributed by atoms with E-state index in [4.69, 9.17) is 16.7 Å². The number of benzene rings is 2. The fraction of sp³-hybridized carbons (Fsp3) is 0.167. The maximum absolute atomic E-state index is 12.9. The minimum atomic E-state index is -4.59. The van der Waals surface area contributed by atoms with Crippen LogP contribution in [-0.4, -0.2) is 28.9 Å². The zero-order chi connectivity index (χ0) is 20.6. The van der Waals surface area contributed by atoms with Gasteiger partial charge in [-0.3, -0.25) is 9.59 Å². The molecule has 0 aromatic heterocycles. The third kappa shape index (κ3) is 3.79. The van der Waals surface area contributed by atoms with Gasteiger partial charge in [-0.25, -0.2) is 9.69 Å². The van der Waals surface area contributed by atoms with E-state index in [-0.39, 0.29) is 28.4 Å². The molecule has 1 aliphatic rings. The second-order valence-electron chi connectivity index (χ2n) is 6.01. The number of hydrogen-bond donors (Lipinski definition) is 2. The topological polar surface area (TPSA) is 86.7 Å². The highest BCUT2D eigenvalue weighted by Crippen LogP contribution is 2.35. The molecule has 0 radical (unpaired) electrons. The number of carboxylic acid groups (broad SMARTS) is 1. The molecule has 0 bridgehead atoms. The number of imide groups is 1. The molecule has 1 atom stereocenters. The van der Waals surface area contributed by atoms with Gasteiger partial charge in [0.25, 0.3) is 5.91 Å². The van der Waals surface area contributed by atoms with Gasteiger partial charge in [0.05, 0.1) is 33.9 Å². The van der Waals surface area contributed by atoms with E-state index in [0.717, 1.165) is 23.1 Å². The predicted octanol–water partition coefficient (Wildman–Crippen LogP) is 3.80. The summed E-state index contributed by atoms with van der Waals surface area (Å²) in [6.07, 6.45) is -4.87. The lowest BCUT2D eigenvalue weighted by atomic mass is 10.1. The van der Waals surface area contributed by atoms with E-state index in [9.17, 15) is 27.6 Å². The Morgan fingerprint density at radius 2 is 1.79 bits per heavy atom. The van der Waals surface area contributed by atoms with Crippen LogP contribution in [0.5, 0.6) is 0 Å². The SMILES string of the molecule is O=C(O)c1ccc(N2C(=O)CC(Nc3cc(C(F)(F)F)ccc3Cl)C2=O)cc1. The number of alkyl halides is 3. The molecule has 1 unspecified atom stereocenters. The Morgan fingerprint density at radius 3 is 2.36 bits per heavy atom. The highest BCUT2D eigenvalue weighted by Gasteiger charge is 2.40. The highest BCUT2D eigenvalue weighted by atomic mass is 35.5. The average molecular weight is 413 g/mol. The van der Waals surface area contributed by atoms with Gasteiger partial charge in [0.2, 0.25) is 5.91 Å². The third-order valence-corrected chi connectivity index (χ3v) is 4.47. The lowest BCUT2D eigenvalue weighted by Crippen LogP contribution is -2.34. The summed E-state index contributed by atoms with van der Waals surface area (Å²) in [5, 5.41) is 11.5. The summed E-state index contributed by atoms with van der Waals surface area (Å²) in [6.45, 7) is 0. The van der Waals surface area contributed by atoms with Crippen molar-refractivity contribution in [3.63, 3.8) is 0 Å². The molecule has 0 saturated carbocycles. The summed E-state index contributed by atoms with van der Waals surface area (Å²) in [7, 11) is 0. The molecule has 1 heterocycles. The normalized spacial score (nSPS) is 17.1. The van der Waals surface area contributed by atoms with Crippen molar-refractivity contribution in [1.29, 1.82) is 0 Å². The number of nitrogens with zero attached hydrogens (tertiary/aromatic N) is 1. The molecule has 1 saturated heterocycles. The molecule has 3 rings (SSSR count). The summed E-state index contributed by atoms with van der Waals surface area (Å²) in [4.78, 5) is 36.6. The molecule has 2 aromatic rings. The Bertz CT molecular complexity index is 960. The molecular formula is C18H12ClF3N2O4. The van der Waals surface area contributed by atoms with Crippen LogP contribution in [0.25, 0.3) is 0 Å². The Kier molecular flexibility index (Phi) is 5.03. The standard InChI is InChI=1S/C18H12ClF3N2O4/c19-12-6-3-10(18(20,21)22)7-13(12)23-14-8-15(25)24(16(14)26)11-4-1-9(2-5-11)17(27)28/h1-7,14,23H,8H2,(H,27,28). The van der Waals surface area contributed by atoms with Gasteiger partial charge in [-0.15, -0.1) is 0 Å². The van der Waals surface area contributed by atoms with E-state index in [1.807, 2.05) is 0 Å². The molecule has 146 valence electrons. The first-order valence-electron chi connectivity index (χ1n) is 7.91. The van der Waals surface area contributed by atoms with Crippen molar-refractivity contribution in [2.75, 3.05) is 10.2 Å². The quantitative estimate of drug-likeness (QED) is 0.746. The van der Waals surface area contributed by atoms with Crippen molar-refractivity contribution < 1.29 is 32.7 Å². The van der Waals surface area contributed by atoms with Crippen LogP contribution in [-0.2, 0) is 15.8 Å². The van der Waals surface area contributed by atoms with Crippen LogP contribution in [0, 0.1) is 0 Å². The summed E-state index contributed by atoms with van der Waals surface area (Å²) in [6, 6.07) is 6.61. The first-order valence-corrected chi connectivity index (χ1v) is 8.29. The Labute approximate surface area is 161 Å². The Balaban J connectivity index is 1.83. The number of anilines is 2. The molecule has 10 heteroatoms. The highest BCUT2D eigenvalue weighted by molar-refractivity contribution is 6.33. The molecule has 0 spiro atoms. The number of amides is 2. The van der Waals surface area contributed by atoms with Crippen LogP contribution in [0.3, 0.4) is 0 Å². The van der Waals surface area contributed by atoms with E-state index in [2.05, 4.69) is 5.32 Å². The lowest BCUT2D eigenvalue weighted by Gasteiger charge is -2.17. The van der Waals surface area contributed by atoms with Crippen LogP contribution in [0.4, 0.5) is 24.5 Å². The predicted molar refractivity (Wildman–Crippen MR) is 94.4 cm³/mol. The van der Waals surface area contributed by atoms with Crippen LogP contribution in [0.2, 0.25) is 5.02 Å². The van der Waals surface area contributed by atoms with Crippen molar-refractivity contribution >= 4 is 40.8 Å². The minimum absolute atomic E-state index is 0.0201. The first kappa shape index (κ1) is 19.7. The van der Waals surface area contributed by atoms with Crippen LogP contribution >= 0.6 is 11.6 Å². The fourth-order valence-corrected chi connectivity index (χ4v) is 2.94. The molecule has 0 aliphatic carbocycles. The molecule has 2 N–H and O–H groups in total. The van der Waals surface area contributed by atoms with Gasteiger partial charge < -0.3 is 10.4 Å². The number of carbonyl (C=O) groups excluding carboxylic acids is 2. The van der Waals surface area contributed by atoms with Gasteiger partial charge in [-0.05, 0) is 42.5 Å². The van der Waals surface area contributed by atoms with E-state index in [1.54, 1.807) is 0 Å². The van der Waals surface area contributed by atoms with Gasteiger partial charge in [-0.2, -0.15) is 13.2 Å². The van der Waals surface area contributed by atoms with Gasteiger partial charge in [-0.1, -0.05) is 11.6 Å². The Hall–Kier alpha value is -3.07. The second kappa shape index (κ2) is 7.16. The van der Waals surface area contributed by atoms with Crippen molar-refractivity contribution in [2.24, 2.45) is 0 Å². The molecule has 6 nitrogen and oxygen atoms in total. The van der Waals surface area contributed by atoms with Gasteiger partial charge >= 0.3 is 12.1 Å². The smallest absolute Gasteiger partial charge is 0.416 e. The van der Waals surface area contributed by atoms with Crippen molar-refractivity contribution in [3.05, 3.63) is 58.6 Å². The molecule has 2 aromatic carbocycles. The Morgan fingerprint density at radius 1 is 1.14 bits per heavy atom. The van der Waals surface area contributed by atoms with Crippen molar-refractivity contribution in [1.82, 2.24) is 0 Å². The van der Waals surface area contributed by atoms with Crippen LogP contribution < -0.4 is 10.2 Å². The van der Waals surface area contributed by atoms with Crippen LogP contribution in [0.15, 0.2) is 42.5 Å². The minimum Gasteiger partial charge on any atom is -0.478 e. The number of nitrogens with one attached hydrogen (secondary N) is 1. The number of aromatic carboxylic acids is 1. The largest absolute Gasteiger partial charge is 0.478 e. The summed E-state index contributed by atoms with van der Waals surface area (Å²) >= 11 is 5.91. The number of carboxylic acids is 1. The van der Waals surface area contributed by atoms with E-state index in [1.165, 1.54) is 24.3 Å². The van der Waals surface area contributed by atoms with Gasteiger partial charge in [0.15, 0.2) is 0 Å². The molecule has 2 amide bonds. The zero-order valence-electron chi connectivity index (χ0n) is 14.0. The van der Waals surface area contributed by atoms with Crippen molar-refractivity contribution in [2.45, 2.75) is 18.6 Å². The number of rotatable bonds is 4. The van der Waals surface area contributed by atoms with Crippen molar-refractivity contribution in [3.8, 4) is 0 Å². The maximum Gasteiger partial charge on any atom is 0.416 e. The van der Waals surface area contributed by atoms with E-state index in [0.29, 0.717) is 0 Å². The first-order chi connectivity index (χ1) is 13.1. The maximum atomic E-state index is 12.9. The number of carbonyl (C=O) groups is 3. The third-order valence-electron chi connectivity index (χ3n) is 4.14. The van der Waals surface area contributed by atoms with Gasteiger partial charge in [0.1, 0.15) is 6.04 Å². The summed E-state index contributed by atoms with van der Waals surface area (Å²) in [5.74, 6) is -2.42. The average Bonchev–Trinajstić information content (AvgIpc) is 2.89. The molecule has 1 aliphatic heterocycles. The monoisotopic (exact) mass is 412 g/mol. The summed E-state index contributed by atoms with van der Waals surface area (Å²) in [5.41, 5.74) is -0.921. The summed E-state index contributed by atoms with van der Waals surface area (Å²) < 4.78 is 38.6. The fourth-order valence-electron chi connectivity index (χ4n) is 2.77. The van der Waals surface area contributed by atoms with E-state index >= 15 is 0 Å². The molecule has 1 fully saturated rings.